The van der Waals surface area contributed by atoms with Crippen LogP contribution in [0.15, 0.2) is 21.3 Å². The molecule has 2 rings (SSSR count). The molecule has 1 aromatic carbocycles. The van der Waals surface area contributed by atoms with Crippen LogP contribution in [0.3, 0.4) is 0 Å². The van der Waals surface area contributed by atoms with E-state index < -0.39 is 0 Å². The molecular formula is C13H13ClO2. The Morgan fingerprint density at radius 2 is 1.94 bits per heavy atom. The molecule has 0 atom stereocenters. The van der Waals surface area contributed by atoms with Gasteiger partial charge in [0.15, 0.2) is 0 Å². The fourth-order valence-corrected chi connectivity index (χ4v) is 2.42. The van der Waals surface area contributed by atoms with Crippen molar-refractivity contribution in [3.63, 3.8) is 0 Å². The zero-order chi connectivity index (χ0) is 11.9. The minimum Gasteiger partial charge on any atom is -0.422 e. The Morgan fingerprint density at radius 1 is 1.25 bits per heavy atom. The maximum atomic E-state index is 11.7. The monoisotopic (exact) mass is 236 g/mol. The summed E-state index contributed by atoms with van der Waals surface area (Å²) in [4.78, 5) is 11.7. The molecule has 0 bridgehead atoms. The van der Waals surface area contributed by atoms with E-state index >= 15 is 0 Å². The minimum atomic E-state index is -0.329. The Labute approximate surface area is 98.8 Å². The van der Waals surface area contributed by atoms with E-state index in [1.54, 1.807) is 0 Å². The molecule has 84 valence electrons. The average molecular weight is 237 g/mol. The fraction of sp³-hybridized carbons (Fsp3) is 0.308. The maximum Gasteiger partial charge on any atom is 0.340 e. The van der Waals surface area contributed by atoms with E-state index in [2.05, 4.69) is 6.07 Å². The van der Waals surface area contributed by atoms with E-state index in [1.807, 2.05) is 26.8 Å². The summed E-state index contributed by atoms with van der Waals surface area (Å²) in [6, 6.07) is 3.96. The molecule has 0 N–H and O–H groups in total. The van der Waals surface area contributed by atoms with Gasteiger partial charge in [-0.2, -0.15) is 0 Å². The molecule has 0 saturated carbocycles. The Morgan fingerprint density at radius 3 is 2.56 bits per heavy atom. The standard InChI is InChI=1S/C13H13ClO2/c1-7-4-8(2)12-9(3)10(6-14)13(15)16-11(12)5-7/h4-5H,6H2,1-3H3. The Bertz CT molecular complexity index is 611. The number of halogens is 1. The smallest absolute Gasteiger partial charge is 0.340 e. The van der Waals surface area contributed by atoms with Gasteiger partial charge in [-0.05, 0) is 43.5 Å². The number of benzene rings is 1. The van der Waals surface area contributed by atoms with Crippen molar-refractivity contribution in [3.8, 4) is 0 Å². The van der Waals surface area contributed by atoms with Crippen molar-refractivity contribution in [2.45, 2.75) is 26.7 Å². The molecule has 0 spiro atoms. The van der Waals surface area contributed by atoms with Crippen LogP contribution in [0.5, 0.6) is 0 Å². The van der Waals surface area contributed by atoms with Gasteiger partial charge in [0, 0.05) is 5.39 Å². The van der Waals surface area contributed by atoms with Crippen LogP contribution in [0.2, 0.25) is 0 Å². The number of fused-ring (bicyclic) bond motifs is 1. The maximum absolute atomic E-state index is 11.7. The van der Waals surface area contributed by atoms with Crippen LogP contribution < -0.4 is 5.63 Å². The lowest BCUT2D eigenvalue weighted by Gasteiger charge is -2.08. The second-order valence-corrected chi connectivity index (χ2v) is 4.35. The first-order valence-corrected chi connectivity index (χ1v) is 5.67. The highest BCUT2D eigenvalue weighted by molar-refractivity contribution is 6.17. The van der Waals surface area contributed by atoms with Gasteiger partial charge in [-0.1, -0.05) is 6.07 Å². The molecule has 0 amide bonds. The van der Waals surface area contributed by atoms with Gasteiger partial charge >= 0.3 is 5.63 Å². The van der Waals surface area contributed by atoms with Crippen molar-refractivity contribution in [1.82, 2.24) is 0 Å². The van der Waals surface area contributed by atoms with Crippen molar-refractivity contribution in [2.24, 2.45) is 0 Å². The molecule has 2 aromatic rings. The topological polar surface area (TPSA) is 30.2 Å². The number of alkyl halides is 1. The summed E-state index contributed by atoms with van der Waals surface area (Å²) >= 11 is 5.76. The average Bonchev–Trinajstić information content (AvgIpc) is 2.15. The predicted octanol–water partition coefficient (Wildman–Crippen LogP) is 3.46. The number of rotatable bonds is 1. The molecule has 1 aromatic heterocycles. The molecule has 0 fully saturated rings. The van der Waals surface area contributed by atoms with Crippen molar-refractivity contribution >= 4 is 22.6 Å². The van der Waals surface area contributed by atoms with Gasteiger partial charge in [-0.25, -0.2) is 4.79 Å². The van der Waals surface area contributed by atoms with Crippen molar-refractivity contribution in [3.05, 3.63) is 44.8 Å². The Kier molecular flexibility index (Phi) is 2.76. The van der Waals surface area contributed by atoms with Crippen molar-refractivity contribution < 1.29 is 4.42 Å². The first-order valence-electron chi connectivity index (χ1n) is 5.14. The molecular weight excluding hydrogens is 224 g/mol. The largest absolute Gasteiger partial charge is 0.422 e. The van der Waals surface area contributed by atoms with E-state index in [0.717, 1.165) is 22.1 Å². The van der Waals surface area contributed by atoms with Crippen LogP contribution in [0.25, 0.3) is 11.0 Å². The van der Waals surface area contributed by atoms with Gasteiger partial charge in [-0.3, -0.25) is 0 Å². The molecule has 0 aliphatic rings. The van der Waals surface area contributed by atoms with Crippen LogP contribution in [-0.4, -0.2) is 0 Å². The highest BCUT2D eigenvalue weighted by atomic mass is 35.5. The summed E-state index contributed by atoms with van der Waals surface area (Å²) in [6.45, 7) is 5.91. The third kappa shape index (κ3) is 1.63. The second kappa shape index (κ2) is 3.95. The second-order valence-electron chi connectivity index (χ2n) is 4.08. The van der Waals surface area contributed by atoms with Crippen molar-refractivity contribution in [2.75, 3.05) is 0 Å². The zero-order valence-electron chi connectivity index (χ0n) is 9.56. The summed E-state index contributed by atoms with van der Waals surface area (Å²) in [6.07, 6.45) is 0. The molecule has 0 aliphatic heterocycles. The van der Waals surface area contributed by atoms with E-state index in [0.29, 0.717) is 11.1 Å². The molecule has 3 heteroatoms. The molecule has 0 radical (unpaired) electrons. The predicted molar refractivity (Wildman–Crippen MR) is 66.3 cm³/mol. The highest BCUT2D eigenvalue weighted by Crippen LogP contribution is 2.25. The van der Waals surface area contributed by atoms with Gasteiger partial charge < -0.3 is 4.42 Å². The number of hydrogen-bond acceptors (Lipinski definition) is 2. The lowest BCUT2D eigenvalue weighted by molar-refractivity contribution is 0.552. The summed E-state index contributed by atoms with van der Waals surface area (Å²) in [7, 11) is 0. The van der Waals surface area contributed by atoms with Gasteiger partial charge in [-0.15, -0.1) is 11.6 Å². The lowest BCUT2D eigenvalue weighted by atomic mass is 10.0. The fourth-order valence-electron chi connectivity index (χ4n) is 2.11. The molecule has 0 unspecified atom stereocenters. The highest BCUT2D eigenvalue weighted by Gasteiger charge is 2.12. The van der Waals surface area contributed by atoms with E-state index in [-0.39, 0.29) is 11.5 Å². The van der Waals surface area contributed by atoms with E-state index in [1.165, 1.54) is 0 Å². The van der Waals surface area contributed by atoms with Crippen LogP contribution in [0.1, 0.15) is 22.3 Å². The zero-order valence-corrected chi connectivity index (χ0v) is 10.3. The van der Waals surface area contributed by atoms with Gasteiger partial charge in [0.25, 0.3) is 0 Å². The number of hydrogen-bond donors (Lipinski definition) is 0. The van der Waals surface area contributed by atoms with Crippen LogP contribution in [-0.2, 0) is 5.88 Å². The quantitative estimate of drug-likeness (QED) is 0.561. The SMILES string of the molecule is Cc1cc(C)c2c(C)c(CCl)c(=O)oc2c1. The summed E-state index contributed by atoms with van der Waals surface area (Å²) in [5.41, 5.74) is 4.01. The summed E-state index contributed by atoms with van der Waals surface area (Å²) in [5, 5.41) is 1.00. The van der Waals surface area contributed by atoms with Crippen LogP contribution >= 0.6 is 11.6 Å². The van der Waals surface area contributed by atoms with E-state index in [4.69, 9.17) is 16.0 Å². The molecule has 0 aliphatic carbocycles. The Balaban J connectivity index is 2.99. The van der Waals surface area contributed by atoms with Gasteiger partial charge in [0.2, 0.25) is 0 Å². The molecule has 2 nitrogen and oxygen atoms in total. The third-order valence-corrected chi connectivity index (χ3v) is 3.12. The first kappa shape index (κ1) is 11.2. The third-order valence-electron chi connectivity index (χ3n) is 2.85. The summed E-state index contributed by atoms with van der Waals surface area (Å²) < 4.78 is 5.29. The van der Waals surface area contributed by atoms with E-state index in [9.17, 15) is 4.79 Å². The lowest BCUT2D eigenvalue weighted by Crippen LogP contribution is -2.08. The normalized spacial score (nSPS) is 11.0. The minimum absolute atomic E-state index is 0.192. The molecule has 16 heavy (non-hydrogen) atoms. The van der Waals surface area contributed by atoms with Gasteiger partial charge in [0.05, 0.1) is 11.4 Å². The Hall–Kier alpha value is -1.28. The van der Waals surface area contributed by atoms with Gasteiger partial charge in [0.1, 0.15) is 5.58 Å². The van der Waals surface area contributed by atoms with Crippen molar-refractivity contribution in [1.29, 1.82) is 0 Å². The summed E-state index contributed by atoms with van der Waals surface area (Å²) in [5.74, 6) is 0.192. The number of aryl methyl sites for hydroxylation is 3. The van der Waals surface area contributed by atoms with Crippen LogP contribution in [0, 0.1) is 20.8 Å². The molecule has 0 saturated heterocycles. The molecule has 1 heterocycles. The first-order chi connectivity index (χ1) is 7.54. The van der Waals surface area contributed by atoms with Crippen LogP contribution in [0.4, 0.5) is 0 Å².